The minimum atomic E-state index is -0.503. The Labute approximate surface area is 239 Å². The predicted molar refractivity (Wildman–Crippen MR) is 159 cm³/mol. The van der Waals surface area contributed by atoms with Gasteiger partial charge >= 0.3 is 12.1 Å². The van der Waals surface area contributed by atoms with Crippen LogP contribution in [0.4, 0.5) is 21.0 Å². The standard InChI is InChI=1S/C31H36N6O4/c1-17-14-20(22(34-30(40)32-2)16-23(17)36-10-4-5-11-36)24-28(38)25(29(24)39)21-15-18-8-6-12-37-13-7-9-19(27(18)37)26(21)35-31(41)33-3/h14-16,38H,4-13H2,1-3H3,(H,33,41)(H2,32,34,40)/b25-21-,35-26+. The summed E-state index contributed by atoms with van der Waals surface area (Å²) >= 11 is 0. The van der Waals surface area contributed by atoms with E-state index in [9.17, 15) is 19.5 Å². The second-order valence-corrected chi connectivity index (χ2v) is 11.1. The van der Waals surface area contributed by atoms with E-state index in [1.165, 1.54) is 14.1 Å². The summed E-state index contributed by atoms with van der Waals surface area (Å²) in [6.45, 7) is 5.75. The third kappa shape index (κ3) is 4.51. The highest BCUT2D eigenvalue weighted by atomic mass is 16.3. The molecule has 0 bridgehead atoms. The van der Waals surface area contributed by atoms with Gasteiger partial charge < -0.3 is 30.9 Å². The molecule has 0 saturated carbocycles. The molecule has 0 atom stereocenters. The number of piperidine rings is 1. The van der Waals surface area contributed by atoms with Gasteiger partial charge in [0.25, 0.3) is 0 Å². The molecule has 0 spiro atoms. The van der Waals surface area contributed by atoms with Gasteiger partial charge in [0.2, 0.25) is 5.78 Å². The number of hydrogen-bond acceptors (Lipinski definition) is 6. The minimum Gasteiger partial charge on any atom is -0.506 e. The van der Waals surface area contributed by atoms with Crippen molar-refractivity contribution in [2.45, 2.75) is 45.4 Å². The first kappa shape index (κ1) is 26.9. The molecule has 10 nitrogen and oxygen atoms in total. The first-order valence-electron chi connectivity index (χ1n) is 14.4. The van der Waals surface area contributed by atoms with Crippen molar-refractivity contribution in [2.75, 3.05) is 50.5 Å². The molecule has 0 unspecified atom stereocenters. The van der Waals surface area contributed by atoms with Crippen molar-refractivity contribution < 1.29 is 19.5 Å². The number of nitrogens with zero attached hydrogens (tertiary/aromatic N) is 3. The number of hydrogen-bond donors (Lipinski definition) is 4. The van der Waals surface area contributed by atoms with Crippen molar-refractivity contribution in [3.8, 4) is 0 Å². The van der Waals surface area contributed by atoms with E-state index in [1.807, 2.05) is 25.1 Å². The molecule has 2 saturated heterocycles. The SMILES string of the molecule is CNC(=O)/N=C1\C2=C3C(=C\C1=C1\C(=O)C(c4cc(C)c(N5CCCC5)cc4NC(=O)NC)=C1O)CCCN3CCC2. The highest BCUT2D eigenvalue weighted by Crippen LogP contribution is 2.47. The number of aliphatic hydroxyl groups is 1. The Balaban J connectivity index is 1.50. The van der Waals surface area contributed by atoms with Crippen LogP contribution in [0.3, 0.4) is 0 Å². The zero-order valence-corrected chi connectivity index (χ0v) is 23.8. The highest BCUT2D eigenvalue weighted by Gasteiger charge is 2.42. The number of ketones is 1. The van der Waals surface area contributed by atoms with Gasteiger partial charge in [0.05, 0.1) is 22.5 Å². The average Bonchev–Trinajstić information content (AvgIpc) is 3.51. The lowest BCUT2D eigenvalue weighted by molar-refractivity contribution is -0.111. The van der Waals surface area contributed by atoms with Crippen LogP contribution in [0.5, 0.6) is 0 Å². The van der Waals surface area contributed by atoms with Crippen molar-refractivity contribution in [1.82, 2.24) is 15.5 Å². The van der Waals surface area contributed by atoms with Crippen molar-refractivity contribution in [2.24, 2.45) is 4.99 Å². The van der Waals surface area contributed by atoms with Crippen molar-refractivity contribution >= 4 is 40.5 Å². The number of aryl methyl sites for hydroxylation is 1. The van der Waals surface area contributed by atoms with Crippen LogP contribution in [0.2, 0.25) is 0 Å². The number of amides is 4. The van der Waals surface area contributed by atoms with Crippen LogP contribution in [-0.4, -0.2) is 73.8 Å². The maximum absolute atomic E-state index is 13.9. The number of Topliss-reactive ketones (excluding diaryl/α,β-unsaturated/α-hetero) is 1. The molecule has 3 aliphatic heterocycles. The molecule has 4 amide bonds. The number of nitrogens with one attached hydrogen (secondary N) is 3. The lowest BCUT2D eigenvalue weighted by Gasteiger charge is -2.42. The van der Waals surface area contributed by atoms with E-state index in [0.29, 0.717) is 22.5 Å². The lowest BCUT2D eigenvalue weighted by Crippen LogP contribution is -2.38. The number of benzene rings is 1. The van der Waals surface area contributed by atoms with Gasteiger partial charge in [0.1, 0.15) is 5.76 Å². The molecule has 1 aromatic carbocycles. The van der Waals surface area contributed by atoms with Gasteiger partial charge in [-0.2, -0.15) is 4.99 Å². The van der Waals surface area contributed by atoms with Crippen LogP contribution in [0.25, 0.3) is 5.57 Å². The second kappa shape index (κ2) is 10.6. The summed E-state index contributed by atoms with van der Waals surface area (Å²) in [5.74, 6) is -0.480. The van der Waals surface area contributed by atoms with Crippen molar-refractivity contribution in [1.29, 1.82) is 0 Å². The van der Waals surface area contributed by atoms with Crippen LogP contribution in [-0.2, 0) is 4.79 Å². The molecular formula is C31H36N6O4. The van der Waals surface area contributed by atoms with Crippen molar-refractivity contribution in [3.05, 3.63) is 63.1 Å². The van der Waals surface area contributed by atoms with E-state index in [4.69, 9.17) is 0 Å². The van der Waals surface area contributed by atoms with Crippen LogP contribution >= 0.6 is 0 Å². The van der Waals surface area contributed by atoms with E-state index < -0.39 is 12.1 Å². The predicted octanol–water partition coefficient (Wildman–Crippen LogP) is 4.36. The summed E-state index contributed by atoms with van der Waals surface area (Å²) in [6.07, 6.45) is 7.69. The molecule has 3 heterocycles. The van der Waals surface area contributed by atoms with E-state index in [-0.39, 0.29) is 22.7 Å². The zero-order chi connectivity index (χ0) is 28.8. The maximum atomic E-state index is 13.9. The smallest absolute Gasteiger partial charge is 0.341 e. The monoisotopic (exact) mass is 556 g/mol. The molecule has 41 heavy (non-hydrogen) atoms. The molecule has 2 fully saturated rings. The van der Waals surface area contributed by atoms with Gasteiger partial charge in [0.15, 0.2) is 0 Å². The number of carbonyl (C=O) groups is 3. The molecule has 0 aromatic heterocycles. The first-order chi connectivity index (χ1) is 19.8. The summed E-state index contributed by atoms with van der Waals surface area (Å²) < 4.78 is 0. The lowest BCUT2D eigenvalue weighted by atomic mass is 9.74. The number of aliphatic hydroxyl groups excluding tert-OH is 1. The Morgan fingerprint density at radius 1 is 0.927 bits per heavy atom. The quantitative estimate of drug-likeness (QED) is 0.410. The van der Waals surface area contributed by atoms with Crippen LogP contribution in [0.1, 0.15) is 49.7 Å². The number of allylic oxidation sites excluding steroid dienone is 6. The Morgan fingerprint density at radius 3 is 2.32 bits per heavy atom. The number of rotatable bonds is 3. The third-order valence-electron chi connectivity index (χ3n) is 8.65. The molecule has 5 aliphatic rings. The normalized spacial score (nSPS) is 23.0. The third-order valence-corrected chi connectivity index (χ3v) is 8.65. The van der Waals surface area contributed by atoms with Crippen LogP contribution in [0.15, 0.2) is 56.9 Å². The van der Waals surface area contributed by atoms with Gasteiger partial charge in [0, 0.05) is 68.4 Å². The molecule has 2 aliphatic carbocycles. The van der Waals surface area contributed by atoms with Gasteiger partial charge in [-0.3, -0.25) is 4.79 Å². The van der Waals surface area contributed by atoms with Crippen LogP contribution < -0.4 is 20.9 Å². The van der Waals surface area contributed by atoms with E-state index in [1.54, 1.807) is 0 Å². The van der Waals surface area contributed by atoms with Crippen molar-refractivity contribution in [3.63, 3.8) is 0 Å². The Kier molecular flexibility index (Phi) is 6.93. The topological polar surface area (TPSA) is 126 Å². The van der Waals surface area contributed by atoms with Crippen LogP contribution in [0, 0.1) is 6.92 Å². The Morgan fingerprint density at radius 2 is 1.63 bits per heavy atom. The maximum Gasteiger partial charge on any atom is 0.341 e. The summed E-state index contributed by atoms with van der Waals surface area (Å²) in [5.41, 5.74) is 7.34. The summed E-state index contributed by atoms with van der Waals surface area (Å²) in [7, 11) is 3.05. The van der Waals surface area contributed by atoms with Gasteiger partial charge in [-0.25, -0.2) is 9.59 Å². The Bertz CT molecular complexity index is 1520. The molecule has 0 radical (unpaired) electrons. The highest BCUT2D eigenvalue weighted by molar-refractivity contribution is 6.42. The number of anilines is 2. The minimum absolute atomic E-state index is 0.146. The first-order valence-corrected chi connectivity index (χ1v) is 14.4. The zero-order valence-electron chi connectivity index (χ0n) is 23.8. The number of carbonyl (C=O) groups excluding carboxylic acids is 3. The fourth-order valence-corrected chi connectivity index (χ4v) is 6.71. The molecule has 6 rings (SSSR count). The second-order valence-electron chi connectivity index (χ2n) is 11.1. The summed E-state index contributed by atoms with van der Waals surface area (Å²) in [4.78, 5) is 47.8. The number of urea groups is 2. The molecular weight excluding hydrogens is 520 g/mol. The van der Waals surface area contributed by atoms with E-state index >= 15 is 0 Å². The van der Waals surface area contributed by atoms with Gasteiger partial charge in [-0.1, -0.05) is 0 Å². The summed E-state index contributed by atoms with van der Waals surface area (Å²) in [5, 5.41) is 19.5. The fourth-order valence-electron chi connectivity index (χ4n) is 6.71. The average molecular weight is 557 g/mol. The van der Waals surface area contributed by atoms with E-state index in [0.717, 1.165) is 92.8 Å². The molecule has 1 aromatic rings. The van der Waals surface area contributed by atoms with E-state index in [2.05, 4.69) is 30.7 Å². The molecule has 214 valence electrons. The summed E-state index contributed by atoms with van der Waals surface area (Å²) in [6, 6.07) is 2.84. The van der Waals surface area contributed by atoms with Gasteiger partial charge in [-0.05, 0) is 74.8 Å². The largest absolute Gasteiger partial charge is 0.506 e. The Hall–Kier alpha value is -4.34. The molecule has 10 heteroatoms. The van der Waals surface area contributed by atoms with Gasteiger partial charge in [-0.15, -0.1) is 0 Å². The molecule has 4 N–H and O–H groups in total. The fraction of sp³-hybridized carbons (Fsp3) is 0.419. The number of aliphatic imine (C=N–C) groups is 1.